The number of hydrogen-bond donors (Lipinski definition) is 4. The largest absolute Gasteiger partial charge is 0.479 e. The van der Waals surface area contributed by atoms with Gasteiger partial charge in [0.2, 0.25) is 11.8 Å². The maximum Gasteiger partial charge on any atom is 0.329 e. The van der Waals surface area contributed by atoms with Crippen molar-refractivity contribution in [3.05, 3.63) is 0 Å². The Labute approximate surface area is 256 Å². The second-order valence-electron chi connectivity index (χ2n) is 12.9. The van der Waals surface area contributed by atoms with Crippen LogP contribution >= 0.6 is 0 Å². The lowest BCUT2D eigenvalue weighted by molar-refractivity contribution is -0.145. The molecule has 4 amide bonds. The van der Waals surface area contributed by atoms with Crippen LogP contribution in [0.25, 0.3) is 0 Å². The zero-order valence-electron chi connectivity index (χ0n) is 26.4. The summed E-state index contributed by atoms with van der Waals surface area (Å²) < 4.78 is 28.5. The van der Waals surface area contributed by atoms with E-state index in [0.717, 1.165) is 38.5 Å². The number of nitrogens with zero attached hydrogens (tertiary/aromatic N) is 3. The highest BCUT2D eigenvalue weighted by Crippen LogP contribution is 2.47. The molecule has 2 aliphatic heterocycles. The summed E-state index contributed by atoms with van der Waals surface area (Å²) in [5.74, 6) is -2.11. The summed E-state index contributed by atoms with van der Waals surface area (Å²) in [7, 11) is -3.61. The fraction of sp³-hybridized carbons (Fsp3) is 0.862. The molecule has 0 aromatic carbocycles. The van der Waals surface area contributed by atoms with E-state index in [1.54, 1.807) is 0 Å². The zero-order valence-corrected chi connectivity index (χ0v) is 27.2. The summed E-state index contributed by atoms with van der Waals surface area (Å²) in [6, 6.07) is -2.03. The molecule has 3 fully saturated rings. The Hall–Kier alpha value is -2.45. The maximum absolute atomic E-state index is 13.2. The second kappa shape index (κ2) is 15.0. The van der Waals surface area contributed by atoms with Gasteiger partial charge in [0, 0.05) is 38.3 Å². The predicted octanol–water partition coefficient (Wildman–Crippen LogP) is 1.89. The Bertz CT molecular complexity index is 1120. The molecule has 3 aliphatic rings. The van der Waals surface area contributed by atoms with Gasteiger partial charge < -0.3 is 26.0 Å². The quantitative estimate of drug-likeness (QED) is 0.189. The number of carbonyl (C=O) groups excluding carboxylic acids is 3. The minimum atomic E-state index is -3.61. The number of urea groups is 1. The molecule has 0 bridgehead atoms. The molecule has 1 saturated carbocycles. The molecule has 4 atom stereocenters. The third kappa shape index (κ3) is 8.59. The third-order valence-electron chi connectivity index (χ3n) is 9.06. The van der Waals surface area contributed by atoms with Crippen LogP contribution in [0.3, 0.4) is 0 Å². The summed E-state index contributed by atoms with van der Waals surface area (Å²) in [6.07, 6.45) is 7.57. The van der Waals surface area contributed by atoms with Crippen LogP contribution < -0.4 is 16.0 Å². The van der Waals surface area contributed by atoms with Crippen molar-refractivity contribution < 1.29 is 32.7 Å². The number of likely N-dealkylation sites (tertiary alicyclic amines) is 1. The summed E-state index contributed by atoms with van der Waals surface area (Å²) >= 11 is 0. The highest BCUT2D eigenvalue weighted by atomic mass is 32.2. The summed E-state index contributed by atoms with van der Waals surface area (Å²) in [5.41, 5.74) is -1.27. The third-order valence-corrected chi connectivity index (χ3v) is 11.2. The van der Waals surface area contributed by atoms with Crippen LogP contribution in [0.2, 0.25) is 0 Å². The average molecular weight is 629 g/mol. The van der Waals surface area contributed by atoms with E-state index in [4.69, 9.17) is 0 Å². The van der Waals surface area contributed by atoms with E-state index >= 15 is 0 Å². The van der Waals surface area contributed by atoms with E-state index < -0.39 is 51.6 Å². The molecule has 2 heterocycles. The van der Waals surface area contributed by atoms with Gasteiger partial charge in [0.05, 0.1) is 6.54 Å². The number of unbranched alkanes of at least 4 members (excludes halogenated alkanes) is 4. The fourth-order valence-corrected chi connectivity index (χ4v) is 8.00. The van der Waals surface area contributed by atoms with E-state index in [0.29, 0.717) is 38.9 Å². The molecule has 0 aromatic heterocycles. The zero-order chi connectivity index (χ0) is 31.9. The van der Waals surface area contributed by atoms with Crippen LogP contribution in [0.4, 0.5) is 4.79 Å². The van der Waals surface area contributed by atoms with Crippen LogP contribution in [-0.2, 0) is 24.6 Å². The lowest BCUT2D eigenvalue weighted by atomic mass is 10.0. The number of hydrogen-bond acceptors (Lipinski definition) is 6. The van der Waals surface area contributed by atoms with Crippen molar-refractivity contribution in [1.29, 1.82) is 0 Å². The summed E-state index contributed by atoms with van der Waals surface area (Å²) in [6.45, 7) is 10.4. The van der Waals surface area contributed by atoms with Crippen molar-refractivity contribution in [1.82, 2.24) is 29.5 Å². The van der Waals surface area contributed by atoms with Crippen molar-refractivity contribution in [2.24, 2.45) is 11.8 Å². The number of carbonyl (C=O) groups is 4. The first-order valence-electron chi connectivity index (χ1n) is 15.9. The molecule has 43 heavy (non-hydrogen) atoms. The van der Waals surface area contributed by atoms with Gasteiger partial charge in [-0.3, -0.25) is 9.59 Å². The Morgan fingerprint density at radius 3 is 2.30 bits per heavy atom. The molecular formula is C29H52N6O7S. The second-order valence-corrected chi connectivity index (χ2v) is 14.7. The predicted molar refractivity (Wildman–Crippen MR) is 162 cm³/mol. The Morgan fingerprint density at radius 2 is 1.70 bits per heavy atom. The molecule has 13 nitrogen and oxygen atoms in total. The number of amides is 4. The average Bonchev–Trinajstić information content (AvgIpc) is 3.25. The van der Waals surface area contributed by atoms with Crippen LogP contribution in [-0.4, -0.2) is 107 Å². The monoisotopic (exact) mass is 628 g/mol. The Morgan fingerprint density at radius 1 is 1.00 bits per heavy atom. The van der Waals surface area contributed by atoms with E-state index in [-0.39, 0.29) is 31.0 Å². The standard InChI is InChI=1S/C29H52N6O7S/c1-6-7-8-9-10-12-22-17-29(22,27(38)39)32-26(37)24-13-11-14-34(24)25(36)18-30-28(40)31-23(20(2)3)19-33-15-16-35(21(4)5)43(33,41)42/h20-24H,6-19H2,1-5H3,(H,32,37)(H,38,39)(H2,30,31,40)/t22?,23?,24-,29+/m0/s1. The minimum Gasteiger partial charge on any atom is -0.479 e. The van der Waals surface area contributed by atoms with Gasteiger partial charge in [-0.15, -0.1) is 0 Å². The molecule has 0 spiro atoms. The van der Waals surface area contributed by atoms with Gasteiger partial charge in [0.15, 0.2) is 0 Å². The van der Waals surface area contributed by atoms with Gasteiger partial charge in [0.25, 0.3) is 10.2 Å². The molecule has 2 unspecified atom stereocenters. The molecule has 2 saturated heterocycles. The molecule has 0 aromatic rings. The highest BCUT2D eigenvalue weighted by molar-refractivity contribution is 7.87. The fourth-order valence-electron chi connectivity index (χ4n) is 6.20. The van der Waals surface area contributed by atoms with E-state index in [1.165, 1.54) is 13.5 Å². The smallest absolute Gasteiger partial charge is 0.329 e. The summed E-state index contributed by atoms with van der Waals surface area (Å²) in [4.78, 5) is 52.5. The van der Waals surface area contributed by atoms with Gasteiger partial charge >= 0.3 is 12.0 Å². The first-order valence-corrected chi connectivity index (χ1v) is 17.3. The van der Waals surface area contributed by atoms with Gasteiger partial charge in [-0.25, -0.2) is 9.59 Å². The van der Waals surface area contributed by atoms with Crippen LogP contribution in [0.15, 0.2) is 0 Å². The first-order chi connectivity index (χ1) is 20.2. The van der Waals surface area contributed by atoms with Crippen LogP contribution in [0.5, 0.6) is 0 Å². The number of carboxylic acids is 1. The first kappa shape index (κ1) is 35.0. The van der Waals surface area contributed by atoms with Gasteiger partial charge in [0.1, 0.15) is 11.6 Å². The lowest BCUT2D eigenvalue weighted by Gasteiger charge is -2.28. The number of aliphatic carboxylic acids is 1. The number of carboxylic acid groups (broad SMARTS) is 1. The number of nitrogens with one attached hydrogen (secondary N) is 3. The molecule has 14 heteroatoms. The minimum absolute atomic E-state index is 0.0689. The molecular weight excluding hydrogens is 576 g/mol. The van der Waals surface area contributed by atoms with Crippen LogP contribution in [0.1, 0.15) is 92.4 Å². The van der Waals surface area contributed by atoms with Gasteiger partial charge in [-0.05, 0) is 51.4 Å². The van der Waals surface area contributed by atoms with Crippen molar-refractivity contribution in [3.63, 3.8) is 0 Å². The van der Waals surface area contributed by atoms with Crippen molar-refractivity contribution >= 4 is 34.0 Å². The molecule has 4 N–H and O–H groups in total. The highest BCUT2D eigenvalue weighted by Gasteiger charge is 2.61. The normalized spacial score (nSPS) is 26.1. The number of rotatable bonds is 16. The molecule has 3 rings (SSSR count). The van der Waals surface area contributed by atoms with E-state index in [9.17, 15) is 32.7 Å². The van der Waals surface area contributed by atoms with Gasteiger partial charge in [-0.2, -0.15) is 17.0 Å². The van der Waals surface area contributed by atoms with Gasteiger partial charge in [-0.1, -0.05) is 52.9 Å². The molecule has 0 radical (unpaired) electrons. The molecule has 246 valence electrons. The Balaban J connectivity index is 1.50. The van der Waals surface area contributed by atoms with Crippen LogP contribution in [0, 0.1) is 11.8 Å². The van der Waals surface area contributed by atoms with Crippen molar-refractivity contribution in [2.45, 2.75) is 116 Å². The lowest BCUT2D eigenvalue weighted by Crippen LogP contribution is -2.55. The van der Waals surface area contributed by atoms with Crippen molar-refractivity contribution in [2.75, 3.05) is 32.7 Å². The molecule has 1 aliphatic carbocycles. The van der Waals surface area contributed by atoms with E-state index in [2.05, 4.69) is 22.9 Å². The maximum atomic E-state index is 13.2. The van der Waals surface area contributed by atoms with E-state index in [1.807, 2.05) is 27.7 Å². The Kier molecular flexibility index (Phi) is 12.2. The van der Waals surface area contributed by atoms with Crippen molar-refractivity contribution in [3.8, 4) is 0 Å². The summed E-state index contributed by atoms with van der Waals surface area (Å²) in [5, 5.41) is 18.0. The topological polar surface area (TPSA) is 168 Å². The SMILES string of the molecule is CCCCCCCC1C[C@]1(NC(=O)[C@@H]1CCCN1C(=O)CNC(=O)NC(CN1CCN(C(C)C)S1(=O)=O)C(C)C)C(=O)O.